The van der Waals surface area contributed by atoms with Gasteiger partial charge in [-0.05, 0) is 30.2 Å². The van der Waals surface area contributed by atoms with Crippen LogP contribution in [0.15, 0.2) is 30.3 Å². The molecule has 0 spiro atoms. The molecule has 0 radical (unpaired) electrons. The Hall–Kier alpha value is -1.35. The maximum absolute atomic E-state index is 12.1. The fraction of sp³-hybridized carbons (Fsp3) is 0.533. The van der Waals surface area contributed by atoms with Crippen molar-refractivity contribution in [2.45, 2.75) is 25.8 Å². The average molecular weight is 246 g/mol. The van der Waals surface area contributed by atoms with Gasteiger partial charge in [0.15, 0.2) is 0 Å². The van der Waals surface area contributed by atoms with Gasteiger partial charge in [-0.3, -0.25) is 4.79 Å². The summed E-state index contributed by atoms with van der Waals surface area (Å²) in [6, 6.07) is 9.51. The van der Waals surface area contributed by atoms with Gasteiger partial charge in [0, 0.05) is 13.6 Å². The van der Waals surface area contributed by atoms with Crippen LogP contribution in [-0.2, 0) is 11.2 Å². The zero-order valence-corrected chi connectivity index (χ0v) is 11.2. The second kappa shape index (κ2) is 5.53. The summed E-state index contributed by atoms with van der Waals surface area (Å²) in [6.07, 6.45) is 1.86. The van der Waals surface area contributed by atoms with E-state index in [-0.39, 0.29) is 5.91 Å². The van der Waals surface area contributed by atoms with Crippen LogP contribution in [0, 0.1) is 11.8 Å². The maximum atomic E-state index is 12.1. The van der Waals surface area contributed by atoms with Crippen molar-refractivity contribution < 1.29 is 4.79 Å². The second-order valence-corrected chi connectivity index (χ2v) is 5.49. The fourth-order valence-electron chi connectivity index (χ4n) is 2.33. The highest BCUT2D eigenvalue weighted by atomic mass is 16.2. The molecule has 1 fully saturated rings. The van der Waals surface area contributed by atoms with Gasteiger partial charge in [0.05, 0.1) is 6.04 Å². The van der Waals surface area contributed by atoms with Crippen LogP contribution >= 0.6 is 0 Å². The van der Waals surface area contributed by atoms with E-state index >= 15 is 0 Å². The summed E-state index contributed by atoms with van der Waals surface area (Å²) in [5.74, 6) is 1.51. The summed E-state index contributed by atoms with van der Waals surface area (Å²) in [6.45, 7) is 3.08. The molecular formula is C15H22N2O. The molecule has 18 heavy (non-hydrogen) atoms. The van der Waals surface area contributed by atoms with Gasteiger partial charge in [0.25, 0.3) is 0 Å². The van der Waals surface area contributed by atoms with E-state index in [1.54, 1.807) is 4.90 Å². The van der Waals surface area contributed by atoms with Crippen LogP contribution in [0.3, 0.4) is 0 Å². The van der Waals surface area contributed by atoms with Crippen LogP contribution in [0.4, 0.5) is 0 Å². The molecule has 3 heteroatoms. The number of carbonyl (C=O) groups is 1. The van der Waals surface area contributed by atoms with Crippen molar-refractivity contribution in [2.24, 2.45) is 17.6 Å². The number of rotatable bonds is 5. The van der Waals surface area contributed by atoms with E-state index in [9.17, 15) is 4.79 Å². The summed E-state index contributed by atoms with van der Waals surface area (Å²) < 4.78 is 0. The normalized spacial score (nSPS) is 23.5. The summed E-state index contributed by atoms with van der Waals surface area (Å²) in [4.78, 5) is 13.9. The Kier molecular flexibility index (Phi) is 4.02. The van der Waals surface area contributed by atoms with E-state index in [1.165, 1.54) is 6.42 Å². The van der Waals surface area contributed by atoms with Crippen molar-refractivity contribution >= 4 is 5.91 Å². The lowest BCUT2D eigenvalue weighted by atomic mass is 10.1. The maximum Gasteiger partial charge on any atom is 0.239 e. The number of likely N-dealkylation sites (N-methyl/N-ethyl adjacent to an activating group) is 1. The van der Waals surface area contributed by atoms with Crippen molar-refractivity contribution in [3.63, 3.8) is 0 Å². The zero-order chi connectivity index (χ0) is 13.1. The molecular weight excluding hydrogens is 224 g/mol. The minimum atomic E-state index is -0.425. The fourth-order valence-corrected chi connectivity index (χ4v) is 2.33. The predicted octanol–water partition coefficient (Wildman–Crippen LogP) is 1.67. The zero-order valence-electron chi connectivity index (χ0n) is 11.2. The molecule has 0 heterocycles. The minimum Gasteiger partial charge on any atom is -0.344 e. The molecule has 1 aliphatic carbocycles. The Morgan fingerprint density at radius 1 is 1.44 bits per heavy atom. The predicted molar refractivity (Wildman–Crippen MR) is 73.0 cm³/mol. The summed E-state index contributed by atoms with van der Waals surface area (Å²) in [7, 11) is 1.86. The molecule has 0 aliphatic heterocycles. The van der Waals surface area contributed by atoms with Gasteiger partial charge in [-0.2, -0.15) is 0 Å². The number of nitrogens with two attached hydrogens (primary N) is 1. The van der Waals surface area contributed by atoms with Crippen molar-refractivity contribution in [1.29, 1.82) is 0 Å². The number of hydrogen-bond acceptors (Lipinski definition) is 2. The van der Waals surface area contributed by atoms with Crippen LogP contribution < -0.4 is 5.73 Å². The summed E-state index contributed by atoms with van der Waals surface area (Å²) in [5.41, 5.74) is 7.11. The summed E-state index contributed by atoms with van der Waals surface area (Å²) in [5, 5.41) is 0. The molecule has 1 saturated carbocycles. The largest absolute Gasteiger partial charge is 0.344 e. The number of carbonyl (C=O) groups excluding carboxylic acids is 1. The number of amides is 1. The van der Waals surface area contributed by atoms with E-state index in [0.29, 0.717) is 12.3 Å². The monoisotopic (exact) mass is 246 g/mol. The van der Waals surface area contributed by atoms with Gasteiger partial charge in [-0.1, -0.05) is 37.3 Å². The number of nitrogens with zero attached hydrogens (tertiary/aromatic N) is 1. The molecule has 0 aromatic heterocycles. The third-order valence-corrected chi connectivity index (χ3v) is 3.78. The molecule has 2 rings (SSSR count). The van der Waals surface area contributed by atoms with E-state index < -0.39 is 6.04 Å². The Bertz CT molecular complexity index is 404. The SMILES string of the molecule is CC1CC1CN(C)C(=O)C(N)Cc1ccccc1. The quantitative estimate of drug-likeness (QED) is 0.859. The van der Waals surface area contributed by atoms with Crippen LogP contribution in [0.2, 0.25) is 0 Å². The van der Waals surface area contributed by atoms with Gasteiger partial charge in [-0.25, -0.2) is 0 Å². The average Bonchev–Trinajstić information content (AvgIpc) is 3.05. The van der Waals surface area contributed by atoms with Gasteiger partial charge >= 0.3 is 0 Å². The number of benzene rings is 1. The molecule has 3 nitrogen and oxygen atoms in total. The van der Waals surface area contributed by atoms with Gasteiger partial charge in [0.1, 0.15) is 0 Å². The first-order valence-electron chi connectivity index (χ1n) is 6.62. The minimum absolute atomic E-state index is 0.0537. The molecule has 3 atom stereocenters. The Balaban J connectivity index is 1.84. The van der Waals surface area contributed by atoms with Gasteiger partial charge in [0.2, 0.25) is 5.91 Å². The van der Waals surface area contributed by atoms with E-state index in [4.69, 9.17) is 5.73 Å². The Morgan fingerprint density at radius 3 is 2.61 bits per heavy atom. The molecule has 1 aliphatic rings. The summed E-state index contributed by atoms with van der Waals surface area (Å²) >= 11 is 0. The molecule has 1 aromatic carbocycles. The third-order valence-electron chi connectivity index (χ3n) is 3.78. The van der Waals surface area contributed by atoms with Crippen LogP contribution in [-0.4, -0.2) is 30.4 Å². The Labute approximate surface area is 109 Å². The number of hydrogen-bond donors (Lipinski definition) is 1. The van der Waals surface area contributed by atoms with Crippen molar-refractivity contribution in [2.75, 3.05) is 13.6 Å². The molecule has 1 amide bonds. The van der Waals surface area contributed by atoms with E-state index in [2.05, 4.69) is 6.92 Å². The van der Waals surface area contributed by atoms with Crippen LogP contribution in [0.25, 0.3) is 0 Å². The lowest BCUT2D eigenvalue weighted by Crippen LogP contribution is -2.43. The van der Waals surface area contributed by atoms with Crippen molar-refractivity contribution in [3.8, 4) is 0 Å². The molecule has 0 saturated heterocycles. The molecule has 2 N–H and O–H groups in total. The van der Waals surface area contributed by atoms with Crippen LogP contribution in [0.5, 0.6) is 0 Å². The first-order chi connectivity index (χ1) is 8.58. The highest BCUT2D eigenvalue weighted by Crippen LogP contribution is 2.37. The smallest absolute Gasteiger partial charge is 0.239 e. The van der Waals surface area contributed by atoms with Crippen molar-refractivity contribution in [1.82, 2.24) is 4.90 Å². The van der Waals surface area contributed by atoms with E-state index in [1.807, 2.05) is 37.4 Å². The van der Waals surface area contributed by atoms with Crippen LogP contribution in [0.1, 0.15) is 18.9 Å². The second-order valence-electron chi connectivity index (χ2n) is 5.49. The topological polar surface area (TPSA) is 46.3 Å². The molecule has 1 aromatic rings. The van der Waals surface area contributed by atoms with E-state index in [0.717, 1.165) is 18.0 Å². The van der Waals surface area contributed by atoms with Crippen molar-refractivity contribution in [3.05, 3.63) is 35.9 Å². The third kappa shape index (κ3) is 3.33. The molecule has 98 valence electrons. The lowest BCUT2D eigenvalue weighted by molar-refractivity contribution is -0.131. The first kappa shape index (κ1) is 13.1. The highest BCUT2D eigenvalue weighted by Gasteiger charge is 2.34. The highest BCUT2D eigenvalue weighted by molar-refractivity contribution is 5.81. The standard InChI is InChI=1S/C15H22N2O/c1-11-8-13(11)10-17(2)15(18)14(16)9-12-6-4-3-5-7-12/h3-7,11,13-14H,8-10,16H2,1-2H3. The first-order valence-corrected chi connectivity index (χ1v) is 6.62. The molecule has 3 unspecified atom stereocenters. The lowest BCUT2D eigenvalue weighted by Gasteiger charge is -2.21. The Morgan fingerprint density at radius 2 is 2.06 bits per heavy atom. The van der Waals surface area contributed by atoms with Gasteiger partial charge < -0.3 is 10.6 Å². The molecule has 0 bridgehead atoms. The van der Waals surface area contributed by atoms with Gasteiger partial charge in [-0.15, -0.1) is 0 Å².